The van der Waals surface area contributed by atoms with Gasteiger partial charge in [-0.15, -0.1) is 0 Å². The standard InChI is InChI=1S/C21H34N4O4S/c1-14(2)8-10-22-17-11-16(12-18(13-17)30(28,29)25-15(3)4)20(26)24-19-7-5-6-9-23-21(19)27/h11-15,19,22,25H,5-10H2,1-4H3,(H,23,27)(H,24,26)/t19-/m0/s1. The van der Waals surface area contributed by atoms with E-state index in [1.807, 2.05) is 0 Å². The predicted octanol–water partition coefficient (Wildman–Crippen LogP) is 2.23. The second-order valence-electron chi connectivity index (χ2n) is 8.44. The molecule has 1 atom stereocenters. The molecule has 0 aliphatic carbocycles. The Morgan fingerprint density at radius 3 is 2.57 bits per heavy atom. The highest BCUT2D eigenvalue weighted by Crippen LogP contribution is 2.20. The molecule has 0 aromatic heterocycles. The lowest BCUT2D eigenvalue weighted by Gasteiger charge is -2.17. The molecule has 168 valence electrons. The van der Waals surface area contributed by atoms with E-state index in [1.165, 1.54) is 12.1 Å². The van der Waals surface area contributed by atoms with Crippen molar-refractivity contribution >= 4 is 27.5 Å². The van der Waals surface area contributed by atoms with Crippen LogP contribution in [0.4, 0.5) is 5.69 Å². The number of carbonyl (C=O) groups is 2. The third kappa shape index (κ3) is 7.28. The van der Waals surface area contributed by atoms with Gasteiger partial charge < -0.3 is 16.0 Å². The van der Waals surface area contributed by atoms with Crippen molar-refractivity contribution in [1.82, 2.24) is 15.4 Å². The maximum Gasteiger partial charge on any atom is 0.252 e. The van der Waals surface area contributed by atoms with Gasteiger partial charge in [-0.3, -0.25) is 9.59 Å². The number of carbonyl (C=O) groups excluding carboxylic acids is 2. The first-order chi connectivity index (χ1) is 14.1. The Balaban J connectivity index is 2.30. The molecule has 2 amide bonds. The predicted molar refractivity (Wildman–Crippen MR) is 118 cm³/mol. The van der Waals surface area contributed by atoms with Gasteiger partial charge in [-0.05, 0) is 63.6 Å². The van der Waals surface area contributed by atoms with Crippen LogP contribution in [0.2, 0.25) is 0 Å². The largest absolute Gasteiger partial charge is 0.385 e. The molecule has 1 fully saturated rings. The van der Waals surface area contributed by atoms with Gasteiger partial charge >= 0.3 is 0 Å². The third-order valence-corrected chi connectivity index (χ3v) is 6.40. The Labute approximate surface area is 179 Å². The van der Waals surface area contributed by atoms with Crippen molar-refractivity contribution in [3.8, 4) is 0 Å². The number of hydrogen-bond donors (Lipinski definition) is 4. The van der Waals surface area contributed by atoms with Gasteiger partial charge in [-0.1, -0.05) is 13.8 Å². The zero-order valence-electron chi connectivity index (χ0n) is 18.2. The van der Waals surface area contributed by atoms with Crippen LogP contribution in [0.15, 0.2) is 23.1 Å². The molecule has 8 nitrogen and oxygen atoms in total. The van der Waals surface area contributed by atoms with Crippen LogP contribution in [0.5, 0.6) is 0 Å². The number of rotatable bonds is 9. The van der Waals surface area contributed by atoms with Gasteiger partial charge in [0.25, 0.3) is 5.91 Å². The van der Waals surface area contributed by atoms with Crippen molar-refractivity contribution in [1.29, 1.82) is 0 Å². The Bertz CT molecular complexity index is 853. The average molecular weight is 439 g/mol. The van der Waals surface area contributed by atoms with Crippen LogP contribution in [0, 0.1) is 5.92 Å². The van der Waals surface area contributed by atoms with Crippen molar-refractivity contribution in [3.63, 3.8) is 0 Å². The lowest BCUT2D eigenvalue weighted by Crippen LogP contribution is -2.45. The summed E-state index contributed by atoms with van der Waals surface area (Å²) >= 11 is 0. The second kappa shape index (κ2) is 10.8. The minimum atomic E-state index is -3.78. The fourth-order valence-corrected chi connectivity index (χ4v) is 4.51. The van der Waals surface area contributed by atoms with Crippen molar-refractivity contribution in [2.45, 2.75) is 70.4 Å². The van der Waals surface area contributed by atoms with Gasteiger partial charge in [-0.25, -0.2) is 13.1 Å². The Morgan fingerprint density at radius 1 is 1.17 bits per heavy atom. The molecule has 0 unspecified atom stereocenters. The summed E-state index contributed by atoms with van der Waals surface area (Å²) in [5, 5.41) is 8.75. The molecule has 0 spiro atoms. The van der Waals surface area contributed by atoms with E-state index in [4.69, 9.17) is 0 Å². The van der Waals surface area contributed by atoms with Crippen molar-refractivity contribution in [2.75, 3.05) is 18.4 Å². The molecule has 1 aromatic rings. The van der Waals surface area contributed by atoms with Gasteiger partial charge in [0.05, 0.1) is 4.90 Å². The fraction of sp³-hybridized carbons (Fsp3) is 0.619. The first kappa shape index (κ1) is 24.1. The molecule has 4 N–H and O–H groups in total. The average Bonchev–Trinajstić information content (AvgIpc) is 2.84. The van der Waals surface area contributed by atoms with Crippen LogP contribution < -0.4 is 20.7 Å². The Hall–Kier alpha value is -2.13. The first-order valence-corrected chi connectivity index (χ1v) is 12.1. The second-order valence-corrected chi connectivity index (χ2v) is 10.2. The van der Waals surface area contributed by atoms with Gasteiger partial charge in [0, 0.05) is 30.4 Å². The quantitative estimate of drug-likeness (QED) is 0.472. The molecular weight excluding hydrogens is 404 g/mol. The zero-order valence-corrected chi connectivity index (χ0v) is 19.1. The van der Waals surface area contributed by atoms with Crippen LogP contribution in [0.25, 0.3) is 0 Å². The molecule has 1 saturated heterocycles. The molecule has 0 saturated carbocycles. The van der Waals surface area contributed by atoms with Gasteiger partial charge in [0.2, 0.25) is 15.9 Å². The molecule has 0 bridgehead atoms. The normalized spacial score (nSPS) is 17.5. The fourth-order valence-electron chi connectivity index (χ4n) is 3.19. The van der Waals surface area contributed by atoms with E-state index in [-0.39, 0.29) is 22.4 Å². The van der Waals surface area contributed by atoms with Crippen LogP contribution in [0.1, 0.15) is 63.7 Å². The van der Waals surface area contributed by atoms with E-state index in [0.29, 0.717) is 31.1 Å². The third-order valence-electron chi connectivity index (χ3n) is 4.76. The lowest BCUT2D eigenvalue weighted by atomic mass is 10.1. The molecule has 1 aliphatic heterocycles. The highest BCUT2D eigenvalue weighted by atomic mass is 32.2. The molecule has 2 rings (SSSR count). The van der Waals surface area contributed by atoms with Crippen LogP contribution in [-0.4, -0.2) is 45.4 Å². The van der Waals surface area contributed by atoms with E-state index in [1.54, 1.807) is 19.9 Å². The molecule has 0 radical (unpaired) electrons. The number of nitrogens with one attached hydrogen (secondary N) is 4. The van der Waals surface area contributed by atoms with E-state index in [9.17, 15) is 18.0 Å². The van der Waals surface area contributed by atoms with E-state index in [0.717, 1.165) is 19.3 Å². The van der Waals surface area contributed by atoms with Gasteiger partial charge in [0.1, 0.15) is 6.04 Å². The van der Waals surface area contributed by atoms with E-state index in [2.05, 4.69) is 34.5 Å². The summed E-state index contributed by atoms with van der Waals surface area (Å²) in [5.74, 6) is -0.185. The monoisotopic (exact) mass is 438 g/mol. The summed E-state index contributed by atoms with van der Waals surface area (Å²) in [4.78, 5) is 25.0. The maximum absolute atomic E-state index is 12.9. The minimum Gasteiger partial charge on any atom is -0.385 e. The molecule has 9 heteroatoms. The molecule has 30 heavy (non-hydrogen) atoms. The lowest BCUT2D eigenvalue weighted by molar-refractivity contribution is -0.122. The SMILES string of the molecule is CC(C)CCNc1cc(C(=O)N[C@H]2CCCCNC2=O)cc(S(=O)(=O)NC(C)C)c1. The summed E-state index contributed by atoms with van der Waals surface area (Å²) in [7, 11) is -3.78. The maximum atomic E-state index is 12.9. The Morgan fingerprint density at radius 2 is 1.90 bits per heavy atom. The minimum absolute atomic E-state index is 0.0150. The summed E-state index contributed by atoms with van der Waals surface area (Å²) in [6.45, 7) is 8.94. The number of hydrogen-bond acceptors (Lipinski definition) is 5. The van der Waals surface area contributed by atoms with Crippen molar-refractivity contribution in [3.05, 3.63) is 23.8 Å². The van der Waals surface area contributed by atoms with Crippen molar-refractivity contribution in [2.24, 2.45) is 5.92 Å². The molecule has 1 heterocycles. The molecule has 1 aromatic carbocycles. The first-order valence-electron chi connectivity index (χ1n) is 10.6. The number of amides is 2. The van der Waals surface area contributed by atoms with Gasteiger partial charge in [-0.2, -0.15) is 0 Å². The summed E-state index contributed by atoms with van der Waals surface area (Å²) < 4.78 is 28.0. The molecule has 1 aliphatic rings. The number of sulfonamides is 1. The zero-order chi connectivity index (χ0) is 22.3. The van der Waals surface area contributed by atoms with Gasteiger partial charge in [0.15, 0.2) is 0 Å². The topological polar surface area (TPSA) is 116 Å². The van der Waals surface area contributed by atoms with E-state index < -0.39 is 22.0 Å². The number of anilines is 1. The summed E-state index contributed by atoms with van der Waals surface area (Å²) in [6.07, 6.45) is 3.17. The highest BCUT2D eigenvalue weighted by molar-refractivity contribution is 7.89. The highest BCUT2D eigenvalue weighted by Gasteiger charge is 2.24. The summed E-state index contributed by atoms with van der Waals surface area (Å²) in [6, 6.07) is 3.60. The van der Waals surface area contributed by atoms with E-state index >= 15 is 0 Å². The number of benzene rings is 1. The Kier molecular flexibility index (Phi) is 8.66. The van der Waals surface area contributed by atoms with Crippen LogP contribution in [-0.2, 0) is 14.8 Å². The summed E-state index contributed by atoms with van der Waals surface area (Å²) in [5.41, 5.74) is 0.753. The van der Waals surface area contributed by atoms with Crippen LogP contribution in [0.3, 0.4) is 0 Å². The molecular formula is C21H34N4O4S. The smallest absolute Gasteiger partial charge is 0.252 e. The van der Waals surface area contributed by atoms with Crippen LogP contribution >= 0.6 is 0 Å². The van der Waals surface area contributed by atoms with Crippen molar-refractivity contribution < 1.29 is 18.0 Å².